The molecule has 6 nitrogen and oxygen atoms in total. The van der Waals surface area contributed by atoms with E-state index in [2.05, 4.69) is 24.0 Å². The van der Waals surface area contributed by atoms with Crippen LogP contribution in [-0.4, -0.2) is 48.9 Å². The van der Waals surface area contributed by atoms with Crippen molar-refractivity contribution in [2.45, 2.75) is 38.0 Å². The fraction of sp³-hybridized carbons (Fsp3) is 0.360. The van der Waals surface area contributed by atoms with E-state index in [0.29, 0.717) is 24.7 Å². The molecule has 0 radical (unpaired) electrons. The molecule has 4 rings (SSSR count). The van der Waals surface area contributed by atoms with Gasteiger partial charge in [-0.3, -0.25) is 0 Å². The highest BCUT2D eigenvalue weighted by atomic mass is 35.5. The molecule has 1 aliphatic rings. The lowest BCUT2D eigenvalue weighted by atomic mass is 10.0. The van der Waals surface area contributed by atoms with Crippen LogP contribution in [-0.2, 0) is 22.9 Å². The van der Waals surface area contributed by atoms with E-state index in [4.69, 9.17) is 21.6 Å². The molecule has 0 saturated carbocycles. The molecular formula is C25H29ClN4O2S. The predicted molar refractivity (Wildman–Crippen MR) is 132 cm³/mol. The third-order valence-electron chi connectivity index (χ3n) is 5.95. The van der Waals surface area contributed by atoms with Crippen LogP contribution in [0.25, 0.3) is 0 Å². The average Bonchev–Trinajstić information content (AvgIpc) is 3.08. The largest absolute Gasteiger partial charge is 0.355 e. The highest BCUT2D eigenvalue weighted by Crippen LogP contribution is 2.27. The summed E-state index contributed by atoms with van der Waals surface area (Å²) in [7, 11) is -3.57. The minimum Gasteiger partial charge on any atom is -0.355 e. The Morgan fingerprint density at radius 3 is 2.36 bits per heavy atom. The zero-order valence-electron chi connectivity index (χ0n) is 19.0. The van der Waals surface area contributed by atoms with Crippen molar-refractivity contribution in [3.8, 4) is 0 Å². The molecule has 1 aliphatic heterocycles. The van der Waals surface area contributed by atoms with Crippen LogP contribution < -0.4 is 4.90 Å². The van der Waals surface area contributed by atoms with Gasteiger partial charge in [-0.2, -0.15) is 4.31 Å². The number of hydrogen-bond acceptors (Lipinski definition) is 5. The van der Waals surface area contributed by atoms with E-state index in [1.165, 1.54) is 5.56 Å². The minimum atomic E-state index is -3.57. The molecule has 174 valence electrons. The Kier molecular flexibility index (Phi) is 7.32. The van der Waals surface area contributed by atoms with E-state index in [9.17, 15) is 8.42 Å². The number of sulfonamides is 1. The molecule has 0 bridgehead atoms. The summed E-state index contributed by atoms with van der Waals surface area (Å²) in [6, 6.07) is 16.7. The van der Waals surface area contributed by atoms with Crippen LogP contribution in [0.2, 0.25) is 5.02 Å². The van der Waals surface area contributed by atoms with E-state index >= 15 is 0 Å². The topological polar surface area (TPSA) is 66.4 Å². The molecule has 0 atom stereocenters. The van der Waals surface area contributed by atoms with E-state index in [1.807, 2.05) is 25.1 Å². The molecule has 8 heteroatoms. The van der Waals surface area contributed by atoms with E-state index in [-0.39, 0.29) is 4.90 Å². The number of benzene rings is 2. The number of halogens is 1. The summed E-state index contributed by atoms with van der Waals surface area (Å²) < 4.78 is 28.0. The fourth-order valence-corrected chi connectivity index (χ4v) is 5.87. The van der Waals surface area contributed by atoms with Gasteiger partial charge in [0.1, 0.15) is 11.6 Å². The lowest BCUT2D eigenvalue weighted by Crippen LogP contribution is -2.35. The minimum absolute atomic E-state index is 0.274. The van der Waals surface area contributed by atoms with Crippen molar-refractivity contribution < 1.29 is 8.42 Å². The van der Waals surface area contributed by atoms with Crippen molar-refractivity contribution in [2.75, 3.05) is 31.1 Å². The second-order valence-electron chi connectivity index (χ2n) is 8.23. The number of anilines is 1. The first kappa shape index (κ1) is 23.7. The fourth-order valence-electron chi connectivity index (χ4n) is 4.27. The van der Waals surface area contributed by atoms with E-state index in [0.717, 1.165) is 48.7 Å². The molecule has 0 aliphatic carbocycles. The second-order valence-corrected chi connectivity index (χ2v) is 10.6. The standard InChI is InChI=1S/C25H29ClN4O2S/c1-3-24-23(18-20-8-5-4-6-9-20)25(28-19(2)27-24)29-14-7-15-30(17-16-29)33(31,32)22-12-10-21(26)11-13-22/h4-6,8-13H,3,7,14-18H2,1-2H3. The van der Waals surface area contributed by atoms with Gasteiger partial charge in [0, 0.05) is 48.9 Å². The second kappa shape index (κ2) is 10.2. The molecule has 3 aromatic rings. The molecule has 33 heavy (non-hydrogen) atoms. The molecule has 0 unspecified atom stereocenters. The summed E-state index contributed by atoms with van der Waals surface area (Å²) in [6.45, 7) is 6.23. The van der Waals surface area contributed by atoms with Crippen LogP contribution in [0, 0.1) is 6.92 Å². The summed E-state index contributed by atoms with van der Waals surface area (Å²) in [4.78, 5) is 12.0. The summed E-state index contributed by atoms with van der Waals surface area (Å²) in [5.74, 6) is 1.67. The van der Waals surface area contributed by atoms with Crippen molar-refractivity contribution in [3.05, 3.63) is 82.3 Å². The van der Waals surface area contributed by atoms with Gasteiger partial charge in [0.2, 0.25) is 10.0 Å². The highest BCUT2D eigenvalue weighted by Gasteiger charge is 2.28. The van der Waals surface area contributed by atoms with Crippen LogP contribution in [0.15, 0.2) is 59.5 Å². The van der Waals surface area contributed by atoms with Crippen molar-refractivity contribution in [1.82, 2.24) is 14.3 Å². The molecule has 2 heterocycles. The summed E-state index contributed by atoms with van der Waals surface area (Å²) in [5, 5.41) is 0.521. The van der Waals surface area contributed by atoms with Gasteiger partial charge >= 0.3 is 0 Å². The third-order valence-corrected chi connectivity index (χ3v) is 8.11. The molecular weight excluding hydrogens is 456 g/mol. The smallest absolute Gasteiger partial charge is 0.243 e. The number of hydrogen-bond donors (Lipinski definition) is 0. The molecule has 0 spiro atoms. The highest BCUT2D eigenvalue weighted by molar-refractivity contribution is 7.89. The number of rotatable bonds is 6. The van der Waals surface area contributed by atoms with Crippen molar-refractivity contribution in [1.29, 1.82) is 0 Å². The van der Waals surface area contributed by atoms with Gasteiger partial charge in [-0.15, -0.1) is 0 Å². The molecule has 2 aromatic carbocycles. The van der Waals surface area contributed by atoms with Crippen molar-refractivity contribution in [2.24, 2.45) is 0 Å². The molecule has 0 N–H and O–H groups in total. The maximum Gasteiger partial charge on any atom is 0.243 e. The monoisotopic (exact) mass is 484 g/mol. The summed E-state index contributed by atoms with van der Waals surface area (Å²) in [5.41, 5.74) is 3.39. The zero-order chi connectivity index (χ0) is 23.4. The zero-order valence-corrected chi connectivity index (χ0v) is 20.6. The Morgan fingerprint density at radius 2 is 1.67 bits per heavy atom. The van der Waals surface area contributed by atoms with Gasteiger partial charge in [0.25, 0.3) is 0 Å². The number of nitrogens with zero attached hydrogens (tertiary/aromatic N) is 4. The van der Waals surface area contributed by atoms with Crippen LogP contribution in [0.1, 0.15) is 36.0 Å². The number of aryl methyl sites for hydroxylation is 2. The maximum absolute atomic E-state index is 13.2. The first-order valence-electron chi connectivity index (χ1n) is 11.3. The Morgan fingerprint density at radius 1 is 0.939 bits per heavy atom. The lowest BCUT2D eigenvalue weighted by molar-refractivity contribution is 0.433. The first-order valence-corrected chi connectivity index (χ1v) is 13.1. The maximum atomic E-state index is 13.2. The van der Waals surface area contributed by atoms with Gasteiger partial charge in [0.15, 0.2) is 0 Å². The summed E-state index contributed by atoms with van der Waals surface area (Å²) >= 11 is 5.94. The SMILES string of the molecule is CCc1nc(C)nc(N2CCCN(S(=O)(=O)c3ccc(Cl)cc3)CC2)c1Cc1ccccc1. The van der Waals surface area contributed by atoms with Crippen LogP contribution >= 0.6 is 11.6 Å². The molecule has 1 saturated heterocycles. The third kappa shape index (κ3) is 5.37. The van der Waals surface area contributed by atoms with Crippen LogP contribution in [0.4, 0.5) is 5.82 Å². The van der Waals surface area contributed by atoms with Crippen LogP contribution in [0.3, 0.4) is 0 Å². The van der Waals surface area contributed by atoms with Gasteiger partial charge in [-0.05, 0) is 49.6 Å². The summed E-state index contributed by atoms with van der Waals surface area (Å²) in [6.07, 6.45) is 2.30. The van der Waals surface area contributed by atoms with E-state index < -0.39 is 10.0 Å². The Hall–Kier alpha value is -2.48. The number of aromatic nitrogens is 2. The van der Waals surface area contributed by atoms with Crippen molar-refractivity contribution >= 4 is 27.4 Å². The lowest BCUT2D eigenvalue weighted by Gasteiger charge is -2.26. The quantitative estimate of drug-likeness (QED) is 0.515. The van der Waals surface area contributed by atoms with E-state index in [1.54, 1.807) is 28.6 Å². The Balaban J connectivity index is 1.61. The first-order chi connectivity index (χ1) is 15.9. The normalized spacial score (nSPS) is 15.4. The van der Waals surface area contributed by atoms with Gasteiger partial charge in [0.05, 0.1) is 4.90 Å². The molecule has 1 aromatic heterocycles. The Bertz CT molecular complexity index is 1200. The van der Waals surface area contributed by atoms with Gasteiger partial charge in [-0.1, -0.05) is 48.9 Å². The van der Waals surface area contributed by atoms with Crippen molar-refractivity contribution in [3.63, 3.8) is 0 Å². The Labute approximate surface area is 201 Å². The average molecular weight is 485 g/mol. The van der Waals surface area contributed by atoms with Gasteiger partial charge in [-0.25, -0.2) is 18.4 Å². The van der Waals surface area contributed by atoms with Crippen LogP contribution in [0.5, 0.6) is 0 Å². The molecule has 1 fully saturated rings. The molecule has 0 amide bonds. The van der Waals surface area contributed by atoms with Gasteiger partial charge < -0.3 is 4.90 Å². The predicted octanol–water partition coefficient (Wildman–Crippen LogP) is 4.49.